The minimum absolute atomic E-state index is 0.00875. The van der Waals surface area contributed by atoms with Crippen LogP contribution >= 0.6 is 11.8 Å². The molecule has 1 heterocycles. The Kier molecular flexibility index (Phi) is 2.48. The Hall–Kier alpha value is -1.00. The highest BCUT2D eigenvalue weighted by Crippen LogP contribution is 2.35. The van der Waals surface area contributed by atoms with Gasteiger partial charge in [-0.3, -0.25) is 0 Å². The van der Waals surface area contributed by atoms with Gasteiger partial charge in [0.25, 0.3) is 0 Å². The first-order valence-corrected chi connectivity index (χ1v) is 5.42. The molecule has 0 bridgehead atoms. The molecule has 1 aromatic rings. The largest absolute Gasteiger partial charge is 0.478 e. The third-order valence-electron chi connectivity index (χ3n) is 2.34. The second-order valence-corrected chi connectivity index (χ2v) is 4.44. The maximum absolute atomic E-state index is 10.7. The number of hydrogen-bond donors (Lipinski definition) is 2. The average molecular weight is 209 g/mol. The highest BCUT2D eigenvalue weighted by atomic mass is 32.2. The molecule has 4 heteroatoms. The summed E-state index contributed by atoms with van der Waals surface area (Å²) in [6, 6.07) is 5.16. The molecule has 1 aliphatic heterocycles. The minimum Gasteiger partial charge on any atom is -0.478 e. The molecule has 1 unspecified atom stereocenters. The van der Waals surface area contributed by atoms with Gasteiger partial charge in [0.1, 0.15) is 0 Å². The minimum atomic E-state index is -0.893. The second kappa shape index (κ2) is 3.63. The van der Waals surface area contributed by atoms with Gasteiger partial charge in [-0.25, -0.2) is 4.79 Å². The Morgan fingerprint density at radius 3 is 3.07 bits per heavy atom. The maximum Gasteiger partial charge on any atom is 0.335 e. The van der Waals surface area contributed by atoms with Crippen LogP contribution in [0, 0.1) is 0 Å². The molecule has 0 aromatic heterocycles. The van der Waals surface area contributed by atoms with Crippen LogP contribution in [0.25, 0.3) is 0 Å². The van der Waals surface area contributed by atoms with E-state index in [-0.39, 0.29) is 6.04 Å². The number of aromatic carboxylic acids is 1. The van der Waals surface area contributed by atoms with E-state index >= 15 is 0 Å². The van der Waals surface area contributed by atoms with Gasteiger partial charge in [0, 0.05) is 10.9 Å². The fourth-order valence-electron chi connectivity index (χ4n) is 1.55. The summed E-state index contributed by atoms with van der Waals surface area (Å²) in [5, 5.41) is 8.83. The Balaban J connectivity index is 2.45. The fourth-order valence-corrected chi connectivity index (χ4v) is 2.69. The average Bonchev–Trinajstić information content (AvgIpc) is 2.18. The maximum atomic E-state index is 10.7. The van der Waals surface area contributed by atoms with Crippen molar-refractivity contribution in [1.82, 2.24) is 0 Å². The van der Waals surface area contributed by atoms with E-state index in [4.69, 9.17) is 10.8 Å². The molecule has 3 N–H and O–H groups in total. The van der Waals surface area contributed by atoms with Crippen LogP contribution in [-0.4, -0.2) is 16.8 Å². The van der Waals surface area contributed by atoms with E-state index in [1.54, 1.807) is 23.9 Å². The molecule has 3 nitrogen and oxygen atoms in total. The van der Waals surface area contributed by atoms with Crippen LogP contribution in [0.3, 0.4) is 0 Å². The quantitative estimate of drug-likeness (QED) is 0.741. The van der Waals surface area contributed by atoms with Gasteiger partial charge in [0.2, 0.25) is 0 Å². The first-order chi connectivity index (χ1) is 6.68. The zero-order chi connectivity index (χ0) is 10.1. The van der Waals surface area contributed by atoms with E-state index in [9.17, 15) is 4.79 Å². The number of rotatable bonds is 1. The van der Waals surface area contributed by atoms with Crippen LogP contribution in [0.15, 0.2) is 23.1 Å². The van der Waals surface area contributed by atoms with Crippen molar-refractivity contribution in [1.29, 1.82) is 0 Å². The molecule has 0 fully saturated rings. The van der Waals surface area contributed by atoms with Gasteiger partial charge in [0.15, 0.2) is 0 Å². The summed E-state index contributed by atoms with van der Waals surface area (Å²) in [4.78, 5) is 11.9. The summed E-state index contributed by atoms with van der Waals surface area (Å²) in [7, 11) is 0. The Bertz CT molecular complexity index is 378. The van der Waals surface area contributed by atoms with E-state index in [0.29, 0.717) is 5.56 Å². The SMILES string of the molecule is NC1CCSc2ccc(C(=O)O)cc21. The smallest absolute Gasteiger partial charge is 0.335 e. The molecule has 1 aromatic carbocycles. The number of carbonyl (C=O) groups is 1. The van der Waals surface area contributed by atoms with Gasteiger partial charge in [-0.15, -0.1) is 11.8 Å². The van der Waals surface area contributed by atoms with Gasteiger partial charge >= 0.3 is 5.97 Å². The third-order valence-corrected chi connectivity index (χ3v) is 3.47. The van der Waals surface area contributed by atoms with Crippen molar-refractivity contribution in [3.63, 3.8) is 0 Å². The molecular formula is C10H11NO2S. The summed E-state index contributed by atoms with van der Waals surface area (Å²) in [6.07, 6.45) is 0.917. The van der Waals surface area contributed by atoms with E-state index in [1.165, 1.54) is 0 Å². The lowest BCUT2D eigenvalue weighted by Gasteiger charge is -2.21. The topological polar surface area (TPSA) is 63.3 Å². The van der Waals surface area contributed by atoms with Crippen LogP contribution in [-0.2, 0) is 0 Å². The molecule has 14 heavy (non-hydrogen) atoms. The summed E-state index contributed by atoms with van der Waals surface area (Å²) < 4.78 is 0. The zero-order valence-corrected chi connectivity index (χ0v) is 8.38. The zero-order valence-electron chi connectivity index (χ0n) is 7.56. The molecular weight excluding hydrogens is 198 g/mol. The van der Waals surface area contributed by atoms with Gasteiger partial charge in [0.05, 0.1) is 5.56 Å². The van der Waals surface area contributed by atoms with Gasteiger partial charge in [-0.2, -0.15) is 0 Å². The van der Waals surface area contributed by atoms with Crippen LogP contribution in [0.4, 0.5) is 0 Å². The predicted octanol–water partition coefficient (Wildman–Crippen LogP) is 1.88. The van der Waals surface area contributed by atoms with Gasteiger partial charge in [-0.05, 0) is 35.9 Å². The molecule has 0 amide bonds. The van der Waals surface area contributed by atoms with Crippen molar-refractivity contribution >= 4 is 17.7 Å². The monoisotopic (exact) mass is 209 g/mol. The molecule has 0 saturated carbocycles. The lowest BCUT2D eigenvalue weighted by atomic mass is 10.0. The number of hydrogen-bond acceptors (Lipinski definition) is 3. The molecule has 1 aliphatic rings. The van der Waals surface area contributed by atoms with Gasteiger partial charge < -0.3 is 10.8 Å². The van der Waals surface area contributed by atoms with Crippen LogP contribution in [0.5, 0.6) is 0 Å². The molecule has 0 spiro atoms. The Morgan fingerprint density at radius 1 is 1.57 bits per heavy atom. The van der Waals surface area contributed by atoms with E-state index in [1.807, 2.05) is 6.07 Å². The van der Waals surface area contributed by atoms with Crippen molar-refractivity contribution in [3.05, 3.63) is 29.3 Å². The lowest BCUT2D eigenvalue weighted by molar-refractivity contribution is 0.0696. The second-order valence-electron chi connectivity index (χ2n) is 3.30. The highest BCUT2D eigenvalue weighted by molar-refractivity contribution is 7.99. The van der Waals surface area contributed by atoms with Crippen molar-refractivity contribution in [3.8, 4) is 0 Å². The van der Waals surface area contributed by atoms with E-state index < -0.39 is 5.97 Å². The highest BCUT2D eigenvalue weighted by Gasteiger charge is 2.18. The summed E-state index contributed by atoms with van der Waals surface area (Å²) >= 11 is 1.74. The molecule has 0 aliphatic carbocycles. The number of thioether (sulfide) groups is 1. The molecule has 0 radical (unpaired) electrons. The van der Waals surface area contributed by atoms with E-state index in [2.05, 4.69) is 0 Å². The van der Waals surface area contributed by atoms with Crippen molar-refractivity contribution in [2.24, 2.45) is 5.73 Å². The lowest BCUT2D eigenvalue weighted by Crippen LogP contribution is -2.16. The van der Waals surface area contributed by atoms with Gasteiger partial charge in [-0.1, -0.05) is 0 Å². The summed E-state index contributed by atoms with van der Waals surface area (Å²) in [6.45, 7) is 0. The Morgan fingerprint density at radius 2 is 2.36 bits per heavy atom. The van der Waals surface area contributed by atoms with Crippen LogP contribution in [0.2, 0.25) is 0 Å². The van der Waals surface area contributed by atoms with E-state index in [0.717, 1.165) is 22.6 Å². The first-order valence-electron chi connectivity index (χ1n) is 4.44. The molecule has 2 rings (SSSR count). The number of benzene rings is 1. The molecule has 0 saturated heterocycles. The fraction of sp³-hybridized carbons (Fsp3) is 0.300. The molecule has 1 atom stereocenters. The number of fused-ring (bicyclic) bond motifs is 1. The van der Waals surface area contributed by atoms with Crippen molar-refractivity contribution in [2.75, 3.05) is 5.75 Å². The normalized spacial score (nSPS) is 20.2. The Labute approximate surface area is 86.3 Å². The summed E-state index contributed by atoms with van der Waals surface area (Å²) in [5.41, 5.74) is 7.20. The standard InChI is InChI=1S/C10H11NO2S/c11-8-3-4-14-9-2-1-6(10(12)13)5-7(8)9/h1-2,5,8H,3-4,11H2,(H,12,13). The summed E-state index contributed by atoms with van der Waals surface area (Å²) in [5.74, 6) is 0.121. The number of carboxylic acids is 1. The van der Waals surface area contributed by atoms with Crippen LogP contribution < -0.4 is 5.73 Å². The third kappa shape index (κ3) is 1.63. The van der Waals surface area contributed by atoms with Crippen molar-refractivity contribution in [2.45, 2.75) is 17.4 Å². The predicted molar refractivity (Wildman–Crippen MR) is 55.7 cm³/mol. The van der Waals surface area contributed by atoms with Crippen molar-refractivity contribution < 1.29 is 9.90 Å². The molecule has 74 valence electrons. The number of carboxylic acid groups (broad SMARTS) is 1. The number of nitrogens with two attached hydrogens (primary N) is 1. The van der Waals surface area contributed by atoms with Crippen LogP contribution in [0.1, 0.15) is 28.4 Å². The first kappa shape index (κ1) is 9.55.